The van der Waals surface area contributed by atoms with Crippen LogP contribution in [0.3, 0.4) is 0 Å². The lowest BCUT2D eigenvalue weighted by Crippen LogP contribution is -2.53. The zero-order valence-corrected chi connectivity index (χ0v) is 12.8. The van der Waals surface area contributed by atoms with Crippen molar-refractivity contribution in [1.82, 2.24) is 0 Å². The summed E-state index contributed by atoms with van der Waals surface area (Å²) < 4.78 is 13.6. The highest BCUT2D eigenvalue weighted by molar-refractivity contribution is 6.05. The number of rotatable bonds is 3. The molecule has 0 aromatic heterocycles. The van der Waals surface area contributed by atoms with Crippen LogP contribution in [0.2, 0.25) is 0 Å². The zero-order chi connectivity index (χ0) is 16.7. The van der Waals surface area contributed by atoms with Gasteiger partial charge in [0.05, 0.1) is 17.4 Å². The summed E-state index contributed by atoms with van der Waals surface area (Å²) in [5.74, 6) is -4.43. The maximum atomic E-state index is 13.6. The summed E-state index contributed by atoms with van der Waals surface area (Å²) in [5.41, 5.74) is -1.17. The van der Waals surface area contributed by atoms with E-state index in [9.17, 15) is 23.9 Å². The Hall–Kier alpha value is -1.88. The summed E-state index contributed by atoms with van der Waals surface area (Å²) >= 11 is 0. The molecule has 2 rings (SSSR count). The summed E-state index contributed by atoms with van der Waals surface area (Å²) in [6.45, 7) is 4.02. The maximum absolute atomic E-state index is 13.6. The van der Waals surface area contributed by atoms with Crippen LogP contribution in [0.15, 0.2) is 24.3 Å². The summed E-state index contributed by atoms with van der Waals surface area (Å²) in [6.07, 6.45) is -0.257. The molecule has 5 heteroatoms. The Morgan fingerprint density at radius 1 is 1.27 bits per heavy atom. The van der Waals surface area contributed by atoms with Gasteiger partial charge in [0.15, 0.2) is 0 Å². The number of halogens is 1. The Balaban J connectivity index is 2.64. The van der Waals surface area contributed by atoms with Gasteiger partial charge in [-0.1, -0.05) is 12.1 Å². The molecule has 0 bridgehead atoms. The standard InChI is InChI=1S/C17H19FO4/c1-9(19)14-13(21)8-17(3,22)16(10(2)20)15(14)11-5-4-6-12(18)7-11/h4-7,14-16,22H,8H2,1-3H3. The number of ketones is 3. The lowest BCUT2D eigenvalue weighted by atomic mass is 9.60. The molecule has 4 unspecified atom stereocenters. The van der Waals surface area contributed by atoms with Crippen LogP contribution in [-0.2, 0) is 14.4 Å². The highest BCUT2D eigenvalue weighted by Gasteiger charge is 2.53. The van der Waals surface area contributed by atoms with Gasteiger partial charge in [0, 0.05) is 12.3 Å². The number of Topliss-reactive ketones (excluding diaryl/α,β-unsaturated/α-hetero) is 3. The zero-order valence-electron chi connectivity index (χ0n) is 12.8. The molecule has 0 saturated heterocycles. The minimum atomic E-state index is -1.55. The molecule has 0 spiro atoms. The molecule has 0 radical (unpaired) electrons. The highest BCUT2D eigenvalue weighted by atomic mass is 19.1. The van der Waals surface area contributed by atoms with Crippen molar-refractivity contribution in [2.75, 3.05) is 0 Å². The van der Waals surface area contributed by atoms with E-state index in [2.05, 4.69) is 0 Å². The molecule has 0 aliphatic heterocycles. The third-order valence-electron chi connectivity index (χ3n) is 4.38. The van der Waals surface area contributed by atoms with Gasteiger partial charge < -0.3 is 5.11 Å². The first-order chi connectivity index (χ1) is 10.1. The van der Waals surface area contributed by atoms with Crippen LogP contribution >= 0.6 is 0 Å². The van der Waals surface area contributed by atoms with Gasteiger partial charge in [0.1, 0.15) is 23.2 Å². The SMILES string of the molecule is CC(=O)C1C(=O)CC(C)(O)C(C(C)=O)C1c1cccc(F)c1. The lowest BCUT2D eigenvalue weighted by Gasteiger charge is -2.44. The Labute approximate surface area is 128 Å². The molecule has 4 nitrogen and oxygen atoms in total. The number of hydrogen-bond donors (Lipinski definition) is 1. The van der Waals surface area contributed by atoms with Crippen molar-refractivity contribution in [3.05, 3.63) is 35.6 Å². The third-order valence-corrected chi connectivity index (χ3v) is 4.38. The van der Waals surface area contributed by atoms with Crippen molar-refractivity contribution >= 4 is 17.3 Å². The van der Waals surface area contributed by atoms with Gasteiger partial charge in [0.2, 0.25) is 0 Å². The van der Waals surface area contributed by atoms with Crippen LogP contribution in [0.25, 0.3) is 0 Å². The first kappa shape index (κ1) is 16.5. The molecule has 22 heavy (non-hydrogen) atoms. The monoisotopic (exact) mass is 306 g/mol. The molecular weight excluding hydrogens is 287 g/mol. The van der Waals surface area contributed by atoms with Crippen LogP contribution in [0.5, 0.6) is 0 Å². The van der Waals surface area contributed by atoms with Crippen LogP contribution in [-0.4, -0.2) is 28.1 Å². The molecule has 1 saturated carbocycles. The van der Waals surface area contributed by atoms with Crippen LogP contribution in [0, 0.1) is 17.7 Å². The minimum absolute atomic E-state index is 0.257. The minimum Gasteiger partial charge on any atom is -0.389 e. The average molecular weight is 306 g/mol. The summed E-state index contributed by atoms with van der Waals surface area (Å²) in [6, 6.07) is 5.50. The quantitative estimate of drug-likeness (QED) is 0.868. The predicted octanol–water partition coefficient (Wildman–Crippen LogP) is 2.04. The fourth-order valence-electron chi connectivity index (χ4n) is 3.62. The second kappa shape index (κ2) is 5.72. The summed E-state index contributed by atoms with van der Waals surface area (Å²) in [5, 5.41) is 10.5. The molecule has 1 N–H and O–H groups in total. The Morgan fingerprint density at radius 2 is 1.91 bits per heavy atom. The fraction of sp³-hybridized carbons (Fsp3) is 0.471. The van der Waals surface area contributed by atoms with E-state index < -0.39 is 35.0 Å². The van der Waals surface area contributed by atoms with Crippen LogP contribution in [0.1, 0.15) is 38.7 Å². The fourth-order valence-corrected chi connectivity index (χ4v) is 3.62. The van der Waals surface area contributed by atoms with E-state index in [0.29, 0.717) is 5.56 Å². The van der Waals surface area contributed by atoms with Crippen molar-refractivity contribution < 1.29 is 23.9 Å². The smallest absolute Gasteiger partial charge is 0.146 e. The van der Waals surface area contributed by atoms with Gasteiger partial charge in [-0.25, -0.2) is 4.39 Å². The summed E-state index contributed by atoms with van der Waals surface area (Å²) in [7, 11) is 0. The van der Waals surface area contributed by atoms with E-state index in [1.807, 2.05) is 0 Å². The first-order valence-electron chi connectivity index (χ1n) is 7.16. The second-order valence-electron chi connectivity index (χ2n) is 6.26. The molecule has 1 aromatic rings. The molecule has 4 atom stereocenters. The van der Waals surface area contributed by atoms with Crippen molar-refractivity contribution in [2.45, 2.75) is 38.7 Å². The third kappa shape index (κ3) is 2.86. The van der Waals surface area contributed by atoms with Crippen molar-refractivity contribution in [3.8, 4) is 0 Å². The normalized spacial score (nSPS) is 31.9. The molecule has 1 aliphatic carbocycles. The Kier molecular flexibility index (Phi) is 4.29. The van der Waals surface area contributed by atoms with E-state index in [1.165, 1.54) is 39.0 Å². The second-order valence-corrected chi connectivity index (χ2v) is 6.26. The van der Waals surface area contributed by atoms with Crippen molar-refractivity contribution in [2.24, 2.45) is 11.8 Å². The molecule has 0 amide bonds. The van der Waals surface area contributed by atoms with Gasteiger partial charge in [-0.05, 0) is 38.5 Å². The molecule has 1 aliphatic rings. The van der Waals surface area contributed by atoms with Gasteiger partial charge in [0.25, 0.3) is 0 Å². The summed E-state index contributed by atoms with van der Waals surface area (Å²) in [4.78, 5) is 36.3. The van der Waals surface area contributed by atoms with Gasteiger partial charge in [-0.3, -0.25) is 14.4 Å². The molecule has 118 valence electrons. The number of benzene rings is 1. The molecular formula is C17H19FO4. The van der Waals surface area contributed by atoms with Gasteiger partial charge in [-0.2, -0.15) is 0 Å². The van der Waals surface area contributed by atoms with E-state index in [0.717, 1.165) is 0 Å². The average Bonchev–Trinajstić information content (AvgIpc) is 2.35. The molecule has 0 heterocycles. The van der Waals surface area contributed by atoms with Crippen molar-refractivity contribution in [3.63, 3.8) is 0 Å². The van der Waals surface area contributed by atoms with Crippen LogP contribution in [0.4, 0.5) is 4.39 Å². The predicted molar refractivity (Wildman–Crippen MR) is 77.7 cm³/mol. The highest BCUT2D eigenvalue weighted by Crippen LogP contribution is 2.46. The lowest BCUT2D eigenvalue weighted by molar-refractivity contribution is -0.151. The number of carbonyl (C=O) groups is 3. The topological polar surface area (TPSA) is 71.4 Å². The number of aliphatic hydroxyl groups is 1. The largest absolute Gasteiger partial charge is 0.389 e. The first-order valence-corrected chi connectivity index (χ1v) is 7.16. The van der Waals surface area contributed by atoms with Gasteiger partial charge in [-0.15, -0.1) is 0 Å². The molecule has 1 aromatic carbocycles. The Bertz CT molecular complexity index is 635. The number of carbonyl (C=O) groups excluding carboxylic acids is 3. The van der Waals surface area contributed by atoms with E-state index in [4.69, 9.17) is 0 Å². The van der Waals surface area contributed by atoms with E-state index >= 15 is 0 Å². The van der Waals surface area contributed by atoms with Crippen LogP contribution < -0.4 is 0 Å². The maximum Gasteiger partial charge on any atom is 0.146 e. The Morgan fingerprint density at radius 3 is 2.41 bits per heavy atom. The van der Waals surface area contributed by atoms with E-state index in [1.54, 1.807) is 6.07 Å². The van der Waals surface area contributed by atoms with Crippen molar-refractivity contribution in [1.29, 1.82) is 0 Å². The van der Waals surface area contributed by atoms with E-state index in [-0.39, 0.29) is 18.0 Å². The molecule has 1 fully saturated rings. The number of hydrogen-bond acceptors (Lipinski definition) is 4. The van der Waals surface area contributed by atoms with Gasteiger partial charge >= 0.3 is 0 Å².